The van der Waals surface area contributed by atoms with E-state index < -0.39 is 11.7 Å². The highest BCUT2D eigenvalue weighted by Gasteiger charge is 2.29. The minimum absolute atomic E-state index is 0.537. The van der Waals surface area contributed by atoms with Crippen molar-refractivity contribution in [3.63, 3.8) is 0 Å². The molecule has 0 saturated heterocycles. The van der Waals surface area contributed by atoms with Crippen LogP contribution in [0.4, 0.5) is 0 Å². The lowest BCUT2D eigenvalue weighted by atomic mass is 9.90. The number of aliphatic hydroxyl groups excluding tert-OH is 1. The number of rotatable bonds is 1. The molecular weight excluding hydrogens is 128 g/mol. The maximum atomic E-state index is 9.56. The second-order valence-electron chi connectivity index (χ2n) is 2.53. The van der Waals surface area contributed by atoms with Crippen LogP contribution in [0.3, 0.4) is 0 Å². The SMILES string of the molecule is CCC1(O)C=CC=CC1O. The molecule has 2 N–H and O–H groups in total. The summed E-state index contributed by atoms with van der Waals surface area (Å²) >= 11 is 0. The Morgan fingerprint density at radius 1 is 1.50 bits per heavy atom. The Balaban J connectivity index is 2.77. The van der Waals surface area contributed by atoms with Crippen molar-refractivity contribution in [2.75, 3.05) is 0 Å². The van der Waals surface area contributed by atoms with Crippen molar-refractivity contribution in [2.45, 2.75) is 25.0 Å². The molecule has 0 heterocycles. The highest BCUT2D eigenvalue weighted by molar-refractivity contribution is 5.22. The van der Waals surface area contributed by atoms with Crippen LogP contribution in [-0.4, -0.2) is 21.9 Å². The van der Waals surface area contributed by atoms with Crippen LogP contribution in [0.5, 0.6) is 0 Å². The van der Waals surface area contributed by atoms with Crippen molar-refractivity contribution in [1.29, 1.82) is 0 Å². The van der Waals surface area contributed by atoms with Crippen molar-refractivity contribution < 1.29 is 10.2 Å². The third-order valence-electron chi connectivity index (χ3n) is 1.87. The third-order valence-corrected chi connectivity index (χ3v) is 1.87. The van der Waals surface area contributed by atoms with Gasteiger partial charge in [0.15, 0.2) is 0 Å². The molecule has 0 saturated carbocycles. The molecule has 0 radical (unpaired) electrons. The molecule has 0 aromatic rings. The maximum Gasteiger partial charge on any atom is 0.112 e. The molecule has 0 aromatic carbocycles. The lowest BCUT2D eigenvalue weighted by Gasteiger charge is -2.28. The molecule has 0 spiro atoms. The first-order valence-electron chi connectivity index (χ1n) is 3.45. The van der Waals surface area contributed by atoms with E-state index in [1.807, 2.05) is 6.92 Å². The topological polar surface area (TPSA) is 40.5 Å². The van der Waals surface area contributed by atoms with Gasteiger partial charge in [0.1, 0.15) is 11.7 Å². The summed E-state index contributed by atoms with van der Waals surface area (Å²) in [7, 11) is 0. The summed E-state index contributed by atoms with van der Waals surface area (Å²) in [6.45, 7) is 1.84. The average Bonchev–Trinajstić information content (AvgIpc) is 1.96. The van der Waals surface area contributed by atoms with E-state index in [9.17, 15) is 10.2 Å². The Bertz CT molecular complexity index is 172. The standard InChI is InChI=1S/C8H12O2/c1-2-8(10)6-4-3-5-7(8)9/h3-7,9-10H,2H2,1H3. The van der Waals surface area contributed by atoms with Crippen molar-refractivity contribution >= 4 is 0 Å². The third kappa shape index (κ3) is 1.13. The summed E-state index contributed by atoms with van der Waals surface area (Å²) in [6, 6.07) is 0. The molecule has 1 rings (SSSR count). The minimum atomic E-state index is -1.03. The quantitative estimate of drug-likeness (QED) is 0.560. The van der Waals surface area contributed by atoms with E-state index in [1.54, 1.807) is 24.3 Å². The zero-order valence-corrected chi connectivity index (χ0v) is 5.99. The van der Waals surface area contributed by atoms with Crippen molar-refractivity contribution in [3.05, 3.63) is 24.3 Å². The molecule has 2 nitrogen and oxygen atoms in total. The minimum Gasteiger partial charge on any atom is -0.386 e. The molecule has 0 fully saturated rings. The van der Waals surface area contributed by atoms with Gasteiger partial charge in [0.2, 0.25) is 0 Å². The van der Waals surface area contributed by atoms with E-state index in [0.29, 0.717) is 6.42 Å². The van der Waals surface area contributed by atoms with E-state index >= 15 is 0 Å². The smallest absolute Gasteiger partial charge is 0.112 e. The summed E-state index contributed by atoms with van der Waals surface area (Å²) in [5, 5.41) is 18.8. The number of aliphatic hydroxyl groups is 2. The fourth-order valence-electron chi connectivity index (χ4n) is 0.984. The predicted molar refractivity (Wildman–Crippen MR) is 39.5 cm³/mol. The summed E-state index contributed by atoms with van der Waals surface area (Å²) in [6.07, 6.45) is 6.48. The van der Waals surface area contributed by atoms with Gasteiger partial charge in [-0.2, -0.15) is 0 Å². The Labute approximate surface area is 60.5 Å². The van der Waals surface area contributed by atoms with Crippen LogP contribution >= 0.6 is 0 Å². The van der Waals surface area contributed by atoms with Gasteiger partial charge in [-0.25, -0.2) is 0 Å². The normalized spacial score (nSPS) is 38.5. The van der Waals surface area contributed by atoms with Gasteiger partial charge in [0, 0.05) is 0 Å². The van der Waals surface area contributed by atoms with Crippen LogP contribution in [0.2, 0.25) is 0 Å². The Hall–Kier alpha value is -0.600. The van der Waals surface area contributed by atoms with Gasteiger partial charge in [-0.15, -0.1) is 0 Å². The fraction of sp³-hybridized carbons (Fsp3) is 0.500. The first kappa shape index (κ1) is 7.51. The molecule has 2 atom stereocenters. The number of allylic oxidation sites excluding steroid dienone is 2. The first-order chi connectivity index (χ1) is 4.69. The summed E-state index contributed by atoms with van der Waals surface area (Å²) in [5.74, 6) is 0. The van der Waals surface area contributed by atoms with Crippen LogP contribution in [0.15, 0.2) is 24.3 Å². The zero-order chi connectivity index (χ0) is 7.61. The monoisotopic (exact) mass is 140 g/mol. The summed E-state index contributed by atoms with van der Waals surface area (Å²) in [5.41, 5.74) is -1.03. The van der Waals surface area contributed by atoms with Gasteiger partial charge >= 0.3 is 0 Å². The maximum absolute atomic E-state index is 9.56. The van der Waals surface area contributed by atoms with Crippen molar-refractivity contribution in [3.8, 4) is 0 Å². The highest BCUT2D eigenvalue weighted by atomic mass is 16.3. The first-order valence-corrected chi connectivity index (χ1v) is 3.45. The van der Waals surface area contributed by atoms with E-state index in [0.717, 1.165) is 0 Å². The zero-order valence-electron chi connectivity index (χ0n) is 5.99. The Morgan fingerprint density at radius 3 is 2.60 bits per heavy atom. The molecule has 2 heteroatoms. The van der Waals surface area contributed by atoms with Gasteiger partial charge in [-0.3, -0.25) is 0 Å². The van der Waals surface area contributed by atoms with Gasteiger partial charge in [0.25, 0.3) is 0 Å². The lowest BCUT2D eigenvalue weighted by Crippen LogP contribution is -2.39. The van der Waals surface area contributed by atoms with E-state index in [4.69, 9.17) is 0 Å². The predicted octanol–water partition coefficient (Wildman–Crippen LogP) is 0.614. The molecule has 0 aromatic heterocycles. The molecule has 56 valence electrons. The fourth-order valence-corrected chi connectivity index (χ4v) is 0.984. The molecule has 10 heavy (non-hydrogen) atoms. The van der Waals surface area contributed by atoms with Gasteiger partial charge < -0.3 is 10.2 Å². The lowest BCUT2D eigenvalue weighted by molar-refractivity contribution is -0.0178. The van der Waals surface area contributed by atoms with Gasteiger partial charge in [-0.1, -0.05) is 31.2 Å². The highest BCUT2D eigenvalue weighted by Crippen LogP contribution is 2.21. The number of hydrogen-bond donors (Lipinski definition) is 2. The second kappa shape index (κ2) is 2.56. The summed E-state index contributed by atoms with van der Waals surface area (Å²) < 4.78 is 0. The molecular formula is C8H12O2. The Morgan fingerprint density at radius 2 is 2.20 bits per heavy atom. The Kier molecular flexibility index (Phi) is 1.92. The van der Waals surface area contributed by atoms with Crippen LogP contribution in [0.25, 0.3) is 0 Å². The van der Waals surface area contributed by atoms with Gasteiger partial charge in [-0.05, 0) is 6.42 Å². The van der Waals surface area contributed by atoms with Crippen LogP contribution in [0, 0.1) is 0 Å². The molecule has 0 aliphatic heterocycles. The van der Waals surface area contributed by atoms with E-state index in [2.05, 4.69) is 0 Å². The molecule has 1 aliphatic carbocycles. The average molecular weight is 140 g/mol. The van der Waals surface area contributed by atoms with E-state index in [1.165, 1.54) is 0 Å². The van der Waals surface area contributed by atoms with Crippen molar-refractivity contribution in [2.24, 2.45) is 0 Å². The van der Waals surface area contributed by atoms with E-state index in [-0.39, 0.29) is 0 Å². The molecule has 0 bridgehead atoms. The van der Waals surface area contributed by atoms with Crippen LogP contribution in [-0.2, 0) is 0 Å². The number of hydrogen-bond acceptors (Lipinski definition) is 2. The molecule has 1 aliphatic rings. The van der Waals surface area contributed by atoms with Gasteiger partial charge in [0.05, 0.1) is 0 Å². The molecule has 2 unspecified atom stereocenters. The van der Waals surface area contributed by atoms with Crippen molar-refractivity contribution in [1.82, 2.24) is 0 Å². The van der Waals surface area contributed by atoms with Crippen LogP contribution < -0.4 is 0 Å². The second-order valence-corrected chi connectivity index (χ2v) is 2.53. The van der Waals surface area contributed by atoms with Crippen LogP contribution in [0.1, 0.15) is 13.3 Å². The largest absolute Gasteiger partial charge is 0.386 e. The molecule has 0 amide bonds. The summed E-state index contributed by atoms with van der Waals surface area (Å²) in [4.78, 5) is 0.